The smallest absolute Gasteiger partial charge is 0.274 e. The summed E-state index contributed by atoms with van der Waals surface area (Å²) in [6.45, 7) is 3.65. The van der Waals surface area contributed by atoms with Gasteiger partial charge < -0.3 is 18.9 Å². The summed E-state index contributed by atoms with van der Waals surface area (Å²) in [5.41, 5.74) is 0.982. The molecule has 4 rings (SSSR count). The van der Waals surface area contributed by atoms with Crippen molar-refractivity contribution in [3.05, 3.63) is 36.3 Å². The average Bonchev–Trinajstić information content (AvgIpc) is 2.99. The number of nitrogens with zero attached hydrogens (tertiary/aromatic N) is 5. The summed E-state index contributed by atoms with van der Waals surface area (Å²) in [4.78, 5) is 26.8. The lowest BCUT2D eigenvalue weighted by molar-refractivity contribution is -0.174. The van der Waals surface area contributed by atoms with Gasteiger partial charge in [0.2, 0.25) is 5.88 Å². The number of rotatable bonds is 3. The van der Waals surface area contributed by atoms with Crippen molar-refractivity contribution in [3.8, 4) is 5.88 Å². The monoisotopic (exact) mass is 343 g/mol. The normalized spacial score (nSPS) is 21.8. The number of ether oxygens (including phenoxy) is 2. The van der Waals surface area contributed by atoms with E-state index in [4.69, 9.17) is 9.47 Å². The molecular formula is C17H21N5O3. The second kappa shape index (κ2) is 6.11. The SMILES string of the molecule is Cc1cncc(OC2CCOC3(C2)CN(C(=O)c2cn(C)cn2)C3)n1. The van der Waals surface area contributed by atoms with E-state index in [1.54, 1.807) is 34.4 Å². The largest absolute Gasteiger partial charge is 0.473 e. The molecule has 8 nitrogen and oxygen atoms in total. The predicted molar refractivity (Wildman–Crippen MR) is 88.2 cm³/mol. The predicted octanol–water partition coefficient (Wildman–Crippen LogP) is 0.971. The number of hydrogen-bond donors (Lipinski definition) is 0. The molecule has 0 N–H and O–H groups in total. The maximum atomic E-state index is 12.4. The van der Waals surface area contributed by atoms with Crippen LogP contribution in [0.25, 0.3) is 0 Å². The van der Waals surface area contributed by atoms with Crippen LogP contribution >= 0.6 is 0 Å². The molecule has 2 aliphatic heterocycles. The van der Waals surface area contributed by atoms with E-state index in [0.717, 1.165) is 18.5 Å². The van der Waals surface area contributed by atoms with Crippen LogP contribution in [0.3, 0.4) is 0 Å². The molecule has 2 aromatic rings. The maximum absolute atomic E-state index is 12.4. The topological polar surface area (TPSA) is 82.4 Å². The Bertz CT molecular complexity index is 784. The third-order valence-electron chi connectivity index (χ3n) is 4.64. The molecule has 0 saturated carbocycles. The minimum atomic E-state index is -0.315. The molecule has 0 aromatic carbocycles. The first-order chi connectivity index (χ1) is 12.0. The summed E-state index contributed by atoms with van der Waals surface area (Å²) in [5, 5.41) is 0. The first-order valence-corrected chi connectivity index (χ1v) is 8.40. The molecule has 25 heavy (non-hydrogen) atoms. The summed E-state index contributed by atoms with van der Waals surface area (Å²) in [6.07, 6.45) is 8.28. The molecule has 2 fully saturated rings. The molecule has 1 unspecified atom stereocenters. The zero-order chi connectivity index (χ0) is 17.4. The van der Waals surface area contributed by atoms with Gasteiger partial charge in [-0.15, -0.1) is 0 Å². The molecule has 1 spiro atoms. The van der Waals surface area contributed by atoms with Gasteiger partial charge in [-0.05, 0) is 6.92 Å². The zero-order valence-electron chi connectivity index (χ0n) is 14.4. The van der Waals surface area contributed by atoms with Crippen LogP contribution in [0, 0.1) is 6.92 Å². The number of imidazole rings is 1. The van der Waals surface area contributed by atoms with E-state index >= 15 is 0 Å². The number of amides is 1. The fourth-order valence-electron chi connectivity index (χ4n) is 3.45. The van der Waals surface area contributed by atoms with Gasteiger partial charge in [-0.2, -0.15) is 0 Å². The van der Waals surface area contributed by atoms with Gasteiger partial charge >= 0.3 is 0 Å². The lowest BCUT2D eigenvalue weighted by Crippen LogP contribution is -2.67. The van der Waals surface area contributed by atoms with E-state index in [2.05, 4.69) is 15.0 Å². The van der Waals surface area contributed by atoms with Crippen LogP contribution < -0.4 is 4.74 Å². The Hall–Kier alpha value is -2.48. The van der Waals surface area contributed by atoms with Crippen molar-refractivity contribution in [1.82, 2.24) is 24.4 Å². The van der Waals surface area contributed by atoms with Crippen LogP contribution in [0.2, 0.25) is 0 Å². The van der Waals surface area contributed by atoms with Crippen LogP contribution in [-0.4, -0.2) is 61.7 Å². The Morgan fingerprint density at radius 2 is 2.24 bits per heavy atom. The highest BCUT2D eigenvalue weighted by Gasteiger charge is 2.50. The Labute approximate surface area is 145 Å². The van der Waals surface area contributed by atoms with Crippen LogP contribution in [0.5, 0.6) is 5.88 Å². The number of carbonyl (C=O) groups is 1. The lowest BCUT2D eigenvalue weighted by Gasteiger charge is -2.52. The van der Waals surface area contributed by atoms with E-state index < -0.39 is 0 Å². The summed E-state index contributed by atoms with van der Waals surface area (Å²) in [5.74, 6) is 0.491. The zero-order valence-corrected chi connectivity index (χ0v) is 14.4. The fourth-order valence-corrected chi connectivity index (χ4v) is 3.45. The van der Waals surface area contributed by atoms with Gasteiger partial charge in [0.15, 0.2) is 0 Å². The van der Waals surface area contributed by atoms with Crippen molar-refractivity contribution in [2.24, 2.45) is 7.05 Å². The van der Waals surface area contributed by atoms with Crippen LogP contribution in [0.4, 0.5) is 0 Å². The van der Waals surface area contributed by atoms with Gasteiger partial charge in [0, 0.05) is 32.3 Å². The maximum Gasteiger partial charge on any atom is 0.274 e. The van der Waals surface area contributed by atoms with Crippen LogP contribution in [0.15, 0.2) is 24.9 Å². The fraction of sp³-hybridized carbons (Fsp3) is 0.529. The summed E-state index contributed by atoms with van der Waals surface area (Å²) < 4.78 is 13.7. The summed E-state index contributed by atoms with van der Waals surface area (Å²) >= 11 is 0. The quantitative estimate of drug-likeness (QED) is 0.826. The van der Waals surface area contributed by atoms with Crippen molar-refractivity contribution in [3.63, 3.8) is 0 Å². The Morgan fingerprint density at radius 3 is 2.96 bits per heavy atom. The van der Waals surface area contributed by atoms with Gasteiger partial charge in [-0.3, -0.25) is 9.78 Å². The van der Waals surface area contributed by atoms with Crippen molar-refractivity contribution in [2.75, 3.05) is 19.7 Å². The first-order valence-electron chi connectivity index (χ1n) is 8.40. The van der Waals surface area contributed by atoms with Crippen LogP contribution in [-0.2, 0) is 11.8 Å². The highest BCUT2D eigenvalue weighted by Crippen LogP contribution is 2.36. The van der Waals surface area contributed by atoms with E-state index in [0.29, 0.717) is 31.3 Å². The van der Waals surface area contributed by atoms with Gasteiger partial charge in [-0.1, -0.05) is 0 Å². The molecule has 8 heteroatoms. The molecule has 4 heterocycles. The number of aryl methyl sites for hydroxylation is 2. The second-order valence-corrected chi connectivity index (χ2v) is 6.85. The molecular weight excluding hydrogens is 322 g/mol. The van der Waals surface area contributed by atoms with Gasteiger partial charge in [-0.25, -0.2) is 9.97 Å². The van der Waals surface area contributed by atoms with Crippen molar-refractivity contribution >= 4 is 5.91 Å². The summed E-state index contributed by atoms with van der Waals surface area (Å²) in [7, 11) is 1.85. The molecule has 2 aliphatic rings. The number of aromatic nitrogens is 4. The van der Waals surface area contributed by atoms with Crippen LogP contribution in [0.1, 0.15) is 29.0 Å². The highest BCUT2D eigenvalue weighted by molar-refractivity contribution is 5.92. The van der Waals surface area contributed by atoms with E-state index in [9.17, 15) is 4.79 Å². The minimum Gasteiger partial charge on any atom is -0.473 e. The van der Waals surface area contributed by atoms with Crippen molar-refractivity contribution in [2.45, 2.75) is 31.5 Å². The van der Waals surface area contributed by atoms with Gasteiger partial charge in [0.1, 0.15) is 17.4 Å². The van der Waals surface area contributed by atoms with Crippen molar-refractivity contribution in [1.29, 1.82) is 0 Å². The molecule has 2 saturated heterocycles. The van der Waals surface area contributed by atoms with E-state index in [1.807, 2.05) is 14.0 Å². The number of hydrogen-bond acceptors (Lipinski definition) is 6. The number of likely N-dealkylation sites (tertiary alicyclic amines) is 1. The third-order valence-corrected chi connectivity index (χ3v) is 4.64. The van der Waals surface area contributed by atoms with Crippen molar-refractivity contribution < 1.29 is 14.3 Å². The first kappa shape index (κ1) is 16.0. The molecule has 2 aromatic heterocycles. The van der Waals surface area contributed by atoms with Gasteiger partial charge in [0.05, 0.1) is 37.9 Å². The lowest BCUT2D eigenvalue weighted by atomic mass is 9.84. The molecule has 132 valence electrons. The molecule has 1 atom stereocenters. The molecule has 0 aliphatic carbocycles. The molecule has 1 amide bonds. The third kappa shape index (κ3) is 3.21. The standard InChI is InChI=1S/C17H21N5O3/c1-12-6-18-7-15(20-12)25-13-3-4-24-17(5-13)9-22(10-17)16(23)14-8-21(2)11-19-14/h6-8,11,13H,3-5,9-10H2,1-2H3. The average molecular weight is 343 g/mol. The number of carbonyl (C=O) groups excluding carboxylic acids is 1. The molecule has 0 bridgehead atoms. The highest BCUT2D eigenvalue weighted by atomic mass is 16.5. The van der Waals surface area contributed by atoms with Gasteiger partial charge in [0.25, 0.3) is 5.91 Å². The van der Waals surface area contributed by atoms with E-state index in [-0.39, 0.29) is 17.6 Å². The Kier molecular flexibility index (Phi) is 3.91. The Morgan fingerprint density at radius 1 is 1.40 bits per heavy atom. The molecule has 0 radical (unpaired) electrons. The minimum absolute atomic E-state index is 0.0250. The second-order valence-electron chi connectivity index (χ2n) is 6.85. The Balaban J connectivity index is 1.37. The summed E-state index contributed by atoms with van der Waals surface area (Å²) in [6, 6.07) is 0. The van der Waals surface area contributed by atoms with E-state index in [1.165, 1.54) is 0 Å².